The van der Waals surface area contributed by atoms with Crippen LogP contribution in [0.2, 0.25) is 0 Å². The highest BCUT2D eigenvalue weighted by Crippen LogP contribution is 2.11. The number of hydrogen-bond acceptors (Lipinski definition) is 4. The van der Waals surface area contributed by atoms with Crippen LogP contribution in [0.1, 0.15) is 10.4 Å². The molecule has 88 valence electrons. The predicted octanol–water partition coefficient (Wildman–Crippen LogP) is 0.526. The van der Waals surface area contributed by atoms with E-state index in [-0.39, 0.29) is 5.91 Å². The number of rotatable bonds is 4. The zero-order valence-corrected chi connectivity index (χ0v) is 9.61. The fourth-order valence-corrected chi connectivity index (χ4v) is 1.37. The Balaban J connectivity index is 2.78. The molecule has 0 aliphatic carbocycles. The fourth-order valence-electron chi connectivity index (χ4n) is 1.04. The van der Waals surface area contributed by atoms with E-state index in [1.54, 1.807) is 0 Å². The van der Waals surface area contributed by atoms with Gasteiger partial charge in [0, 0.05) is 29.6 Å². The van der Waals surface area contributed by atoms with Crippen molar-refractivity contribution in [2.24, 2.45) is 0 Å². The summed E-state index contributed by atoms with van der Waals surface area (Å²) in [5.74, 6) is -0.308. The lowest BCUT2D eigenvalue weighted by Gasteiger charge is -2.14. The van der Waals surface area contributed by atoms with Crippen molar-refractivity contribution in [1.82, 2.24) is 5.06 Å². The van der Waals surface area contributed by atoms with E-state index in [4.69, 9.17) is 4.84 Å². The number of nitrogens with zero attached hydrogens (tertiary/aromatic N) is 1. The van der Waals surface area contributed by atoms with Gasteiger partial charge in [-0.05, 0) is 24.3 Å². The molecule has 1 atom stereocenters. The minimum atomic E-state index is -2.36. The Hall–Kier alpha value is -1.44. The third-order valence-electron chi connectivity index (χ3n) is 1.89. The van der Waals surface area contributed by atoms with Crippen LogP contribution in [0.3, 0.4) is 0 Å². The zero-order valence-electron chi connectivity index (χ0n) is 8.80. The number of nitrogens with one attached hydrogen (secondary N) is 1. The summed E-state index contributed by atoms with van der Waals surface area (Å²) >= 11 is -2.36. The SMILES string of the molecule is CON(C)C(=O)c1ccc(NS(=O)[O-])cc1. The van der Waals surface area contributed by atoms with Crippen molar-refractivity contribution < 1.29 is 18.4 Å². The van der Waals surface area contributed by atoms with Gasteiger partial charge in [0.25, 0.3) is 5.91 Å². The molecule has 1 rings (SSSR count). The molecule has 0 aliphatic heterocycles. The van der Waals surface area contributed by atoms with Crippen LogP contribution in [0.25, 0.3) is 0 Å². The summed E-state index contributed by atoms with van der Waals surface area (Å²) in [5.41, 5.74) is 0.802. The second-order valence-electron chi connectivity index (χ2n) is 2.90. The van der Waals surface area contributed by atoms with Gasteiger partial charge in [0.1, 0.15) is 0 Å². The standard InChI is InChI=1S/C9H12N2O4S/c1-11(15-2)9(12)7-3-5-8(6-4-7)10-16(13)14/h3-6,10H,1-2H3,(H,13,14)/p-1. The summed E-state index contributed by atoms with van der Waals surface area (Å²) in [5, 5.41) is 1.08. The van der Waals surface area contributed by atoms with Crippen LogP contribution < -0.4 is 4.72 Å². The number of hydrogen-bond donors (Lipinski definition) is 1. The van der Waals surface area contributed by atoms with Crippen LogP contribution in [0, 0.1) is 0 Å². The first-order chi connectivity index (χ1) is 7.54. The van der Waals surface area contributed by atoms with Crippen molar-refractivity contribution in [3.05, 3.63) is 29.8 Å². The lowest BCUT2D eigenvalue weighted by Crippen LogP contribution is -2.25. The molecule has 0 aromatic heterocycles. The predicted molar refractivity (Wildman–Crippen MR) is 58.1 cm³/mol. The molecule has 0 radical (unpaired) electrons. The Kier molecular flexibility index (Phi) is 4.41. The van der Waals surface area contributed by atoms with E-state index < -0.39 is 11.3 Å². The summed E-state index contributed by atoms with van der Waals surface area (Å²) in [7, 11) is 2.87. The highest BCUT2D eigenvalue weighted by molar-refractivity contribution is 7.80. The lowest BCUT2D eigenvalue weighted by atomic mass is 10.2. The van der Waals surface area contributed by atoms with Gasteiger partial charge in [-0.25, -0.2) is 5.06 Å². The molecule has 0 heterocycles. The van der Waals surface area contributed by atoms with Gasteiger partial charge in [-0.3, -0.25) is 13.8 Å². The molecule has 1 aromatic carbocycles. The Morgan fingerprint density at radius 1 is 1.44 bits per heavy atom. The normalized spacial score (nSPS) is 11.9. The molecular weight excluding hydrogens is 232 g/mol. The Morgan fingerprint density at radius 3 is 2.44 bits per heavy atom. The number of hydroxylamine groups is 2. The molecule has 1 N–H and O–H groups in total. The second kappa shape index (κ2) is 5.59. The number of carbonyl (C=O) groups excluding carboxylic acids is 1. The maximum Gasteiger partial charge on any atom is 0.277 e. The molecule has 1 aromatic rings. The first-order valence-electron chi connectivity index (χ1n) is 4.32. The average Bonchev–Trinajstić information content (AvgIpc) is 2.27. The molecule has 16 heavy (non-hydrogen) atoms. The Labute approximate surface area is 95.6 Å². The van der Waals surface area contributed by atoms with E-state index in [2.05, 4.69) is 4.72 Å². The Bertz CT molecular complexity index is 393. The van der Waals surface area contributed by atoms with E-state index in [1.807, 2.05) is 0 Å². The molecule has 0 spiro atoms. The zero-order chi connectivity index (χ0) is 12.1. The summed E-state index contributed by atoms with van der Waals surface area (Å²) in [6.07, 6.45) is 0. The van der Waals surface area contributed by atoms with Gasteiger partial charge >= 0.3 is 0 Å². The summed E-state index contributed by atoms with van der Waals surface area (Å²) in [6, 6.07) is 6.00. The summed E-state index contributed by atoms with van der Waals surface area (Å²) < 4.78 is 22.8. The van der Waals surface area contributed by atoms with Gasteiger partial charge < -0.3 is 9.27 Å². The van der Waals surface area contributed by atoms with Crippen LogP contribution >= 0.6 is 0 Å². The summed E-state index contributed by atoms with van der Waals surface area (Å²) in [4.78, 5) is 16.3. The highest BCUT2D eigenvalue weighted by atomic mass is 32.2. The first kappa shape index (κ1) is 12.6. The Morgan fingerprint density at radius 2 is 2.00 bits per heavy atom. The monoisotopic (exact) mass is 243 g/mol. The minimum absolute atomic E-state index is 0.308. The molecular formula is C9H11N2O4S-. The lowest BCUT2D eigenvalue weighted by molar-refractivity contribution is -0.0756. The van der Waals surface area contributed by atoms with E-state index in [9.17, 15) is 13.6 Å². The highest BCUT2D eigenvalue weighted by Gasteiger charge is 2.10. The molecule has 1 unspecified atom stereocenters. The maximum absolute atomic E-state index is 11.6. The van der Waals surface area contributed by atoms with Crippen LogP contribution in [0.15, 0.2) is 24.3 Å². The number of amides is 1. The fraction of sp³-hybridized carbons (Fsp3) is 0.222. The van der Waals surface area contributed by atoms with Crippen molar-refractivity contribution in [1.29, 1.82) is 0 Å². The molecule has 0 aliphatic rings. The number of carbonyl (C=O) groups is 1. The van der Waals surface area contributed by atoms with Crippen molar-refractivity contribution >= 4 is 22.9 Å². The van der Waals surface area contributed by atoms with Crippen molar-refractivity contribution in [2.75, 3.05) is 18.9 Å². The van der Waals surface area contributed by atoms with E-state index in [1.165, 1.54) is 38.4 Å². The van der Waals surface area contributed by atoms with Crippen molar-refractivity contribution in [2.45, 2.75) is 0 Å². The average molecular weight is 243 g/mol. The topological polar surface area (TPSA) is 81.7 Å². The molecule has 1 amide bonds. The number of benzene rings is 1. The van der Waals surface area contributed by atoms with E-state index in [0.717, 1.165) is 5.06 Å². The van der Waals surface area contributed by atoms with Gasteiger partial charge in [0.15, 0.2) is 0 Å². The smallest absolute Gasteiger partial charge is 0.277 e. The molecule has 0 saturated carbocycles. The maximum atomic E-state index is 11.6. The second-order valence-corrected chi connectivity index (χ2v) is 3.57. The molecule has 7 heteroatoms. The van der Waals surface area contributed by atoms with Gasteiger partial charge in [-0.2, -0.15) is 0 Å². The van der Waals surface area contributed by atoms with E-state index >= 15 is 0 Å². The van der Waals surface area contributed by atoms with Crippen LogP contribution in [0.5, 0.6) is 0 Å². The number of anilines is 1. The van der Waals surface area contributed by atoms with Crippen LogP contribution in [0.4, 0.5) is 5.69 Å². The third kappa shape index (κ3) is 3.30. The van der Waals surface area contributed by atoms with E-state index in [0.29, 0.717) is 11.3 Å². The molecule has 0 saturated heterocycles. The van der Waals surface area contributed by atoms with Gasteiger partial charge in [0.2, 0.25) is 0 Å². The van der Waals surface area contributed by atoms with Crippen LogP contribution in [-0.4, -0.2) is 33.9 Å². The van der Waals surface area contributed by atoms with Gasteiger partial charge in [-0.1, -0.05) is 0 Å². The first-order valence-corrected chi connectivity index (χ1v) is 5.40. The van der Waals surface area contributed by atoms with Crippen LogP contribution in [-0.2, 0) is 16.1 Å². The minimum Gasteiger partial charge on any atom is -0.755 e. The molecule has 0 fully saturated rings. The molecule has 0 bridgehead atoms. The molecule has 6 nitrogen and oxygen atoms in total. The van der Waals surface area contributed by atoms with Gasteiger partial charge in [0.05, 0.1) is 7.11 Å². The third-order valence-corrected chi connectivity index (χ3v) is 2.30. The van der Waals surface area contributed by atoms with Crippen molar-refractivity contribution in [3.63, 3.8) is 0 Å². The summed E-state index contributed by atoms with van der Waals surface area (Å²) in [6.45, 7) is 0. The van der Waals surface area contributed by atoms with Gasteiger partial charge in [-0.15, -0.1) is 0 Å². The largest absolute Gasteiger partial charge is 0.755 e. The van der Waals surface area contributed by atoms with Crippen molar-refractivity contribution in [3.8, 4) is 0 Å². The quantitative estimate of drug-likeness (QED) is 0.617.